The summed E-state index contributed by atoms with van der Waals surface area (Å²) in [7, 11) is 0. The third kappa shape index (κ3) is 4.00. The number of furan rings is 1. The predicted octanol–water partition coefficient (Wildman–Crippen LogP) is 3.07. The third-order valence-electron chi connectivity index (χ3n) is 3.54. The van der Waals surface area contributed by atoms with E-state index in [9.17, 15) is 4.79 Å². The summed E-state index contributed by atoms with van der Waals surface area (Å²) >= 11 is 0. The molecule has 2 heterocycles. The van der Waals surface area contributed by atoms with Crippen LogP contribution in [0.5, 0.6) is 11.5 Å². The fourth-order valence-electron chi connectivity index (χ4n) is 2.10. The Kier molecular flexibility index (Phi) is 4.74. The highest BCUT2D eigenvalue weighted by atomic mass is 16.5. The molecule has 2 N–H and O–H groups in total. The molecule has 0 aliphatic carbocycles. The molecular weight excluding hydrogens is 324 g/mol. The first-order valence-electron chi connectivity index (χ1n) is 7.72. The van der Waals surface area contributed by atoms with E-state index in [-0.39, 0.29) is 6.61 Å². The smallest absolute Gasteiger partial charge is 0.263 e. The normalized spacial score (nSPS) is 11.9. The van der Waals surface area contributed by atoms with Crippen molar-refractivity contribution in [2.45, 2.75) is 26.6 Å². The molecule has 25 heavy (non-hydrogen) atoms. The molecule has 1 aromatic carbocycles. The maximum Gasteiger partial charge on any atom is 0.263 e. The predicted molar refractivity (Wildman–Crippen MR) is 89.0 cm³/mol. The van der Waals surface area contributed by atoms with Gasteiger partial charge < -0.3 is 24.0 Å². The second-order valence-corrected chi connectivity index (χ2v) is 5.42. The molecule has 1 amide bonds. The van der Waals surface area contributed by atoms with E-state index in [1.165, 1.54) is 0 Å². The summed E-state index contributed by atoms with van der Waals surface area (Å²) in [5, 5.41) is 0. The zero-order chi connectivity index (χ0) is 17.8. The van der Waals surface area contributed by atoms with Gasteiger partial charge in [0.05, 0.1) is 6.26 Å². The van der Waals surface area contributed by atoms with Gasteiger partial charge in [-0.25, -0.2) is 4.98 Å². The third-order valence-corrected chi connectivity index (χ3v) is 3.54. The van der Waals surface area contributed by atoms with Crippen molar-refractivity contribution in [1.82, 2.24) is 4.98 Å². The Balaban J connectivity index is 1.61. The van der Waals surface area contributed by atoms with Crippen LogP contribution in [0.4, 0.5) is 0 Å². The highest BCUT2D eigenvalue weighted by Gasteiger charge is 2.14. The summed E-state index contributed by atoms with van der Waals surface area (Å²) in [6.07, 6.45) is 0.873. The standard InChI is InChI=1S/C18H18N2O5/c1-11-15(20-18(25-11)16-4-3-9-22-16)10-23-13-5-7-14(8-6-13)24-12(2)17(19)21/h3-9,12H,10H2,1-2H3,(H2,19,21)/t12-/m1/s1. The van der Waals surface area contributed by atoms with Gasteiger partial charge in [0, 0.05) is 0 Å². The van der Waals surface area contributed by atoms with E-state index in [1.54, 1.807) is 49.6 Å². The van der Waals surface area contributed by atoms with Crippen molar-refractivity contribution in [3.05, 3.63) is 54.1 Å². The summed E-state index contributed by atoms with van der Waals surface area (Å²) < 4.78 is 22.0. The number of nitrogens with two attached hydrogens (primary N) is 1. The van der Waals surface area contributed by atoms with E-state index >= 15 is 0 Å². The number of aryl methyl sites for hydroxylation is 1. The first-order valence-corrected chi connectivity index (χ1v) is 7.72. The Morgan fingerprint density at radius 1 is 1.24 bits per heavy atom. The van der Waals surface area contributed by atoms with Crippen LogP contribution in [-0.2, 0) is 11.4 Å². The van der Waals surface area contributed by atoms with Crippen molar-refractivity contribution >= 4 is 5.91 Å². The number of oxazole rings is 1. The average molecular weight is 342 g/mol. The van der Waals surface area contributed by atoms with Crippen molar-refractivity contribution in [2.24, 2.45) is 5.73 Å². The monoisotopic (exact) mass is 342 g/mol. The van der Waals surface area contributed by atoms with Gasteiger partial charge in [0.15, 0.2) is 11.9 Å². The van der Waals surface area contributed by atoms with E-state index in [0.29, 0.717) is 34.6 Å². The van der Waals surface area contributed by atoms with Crippen LogP contribution >= 0.6 is 0 Å². The molecule has 0 fully saturated rings. The average Bonchev–Trinajstić information content (AvgIpc) is 3.24. The molecule has 7 heteroatoms. The van der Waals surface area contributed by atoms with E-state index in [2.05, 4.69) is 4.98 Å². The Hall–Kier alpha value is -3.22. The highest BCUT2D eigenvalue weighted by molar-refractivity contribution is 5.78. The van der Waals surface area contributed by atoms with Crippen molar-refractivity contribution in [3.8, 4) is 23.1 Å². The number of amides is 1. The molecule has 0 unspecified atom stereocenters. The molecule has 0 aliphatic rings. The molecule has 0 aliphatic heterocycles. The van der Waals surface area contributed by atoms with Gasteiger partial charge in [-0.15, -0.1) is 0 Å². The molecule has 130 valence electrons. The van der Waals surface area contributed by atoms with Crippen molar-refractivity contribution in [2.75, 3.05) is 0 Å². The lowest BCUT2D eigenvalue weighted by molar-refractivity contribution is -0.123. The maximum atomic E-state index is 11.0. The zero-order valence-corrected chi connectivity index (χ0v) is 13.9. The first-order chi connectivity index (χ1) is 12.0. The second-order valence-electron chi connectivity index (χ2n) is 5.42. The zero-order valence-electron chi connectivity index (χ0n) is 13.9. The van der Waals surface area contributed by atoms with Crippen LogP contribution in [-0.4, -0.2) is 17.0 Å². The van der Waals surface area contributed by atoms with Gasteiger partial charge in [-0.1, -0.05) is 0 Å². The second kappa shape index (κ2) is 7.12. The van der Waals surface area contributed by atoms with Gasteiger partial charge in [-0.3, -0.25) is 4.79 Å². The number of nitrogens with zero attached hydrogens (tertiary/aromatic N) is 1. The molecule has 0 saturated carbocycles. The Labute approximate surface area is 144 Å². The highest BCUT2D eigenvalue weighted by Crippen LogP contribution is 2.24. The van der Waals surface area contributed by atoms with Gasteiger partial charge in [-0.2, -0.15) is 0 Å². The lowest BCUT2D eigenvalue weighted by atomic mass is 10.3. The number of carbonyl (C=O) groups excluding carboxylic acids is 1. The fourth-order valence-corrected chi connectivity index (χ4v) is 2.10. The van der Waals surface area contributed by atoms with Crippen LogP contribution in [0.15, 0.2) is 51.5 Å². The molecular formula is C18H18N2O5. The van der Waals surface area contributed by atoms with Gasteiger partial charge in [-0.05, 0) is 50.2 Å². The van der Waals surface area contributed by atoms with Crippen LogP contribution in [0, 0.1) is 6.92 Å². The summed E-state index contributed by atoms with van der Waals surface area (Å²) in [4.78, 5) is 15.4. The summed E-state index contributed by atoms with van der Waals surface area (Å²) in [5.74, 6) is 2.32. The number of hydrogen-bond acceptors (Lipinski definition) is 6. The minimum Gasteiger partial charge on any atom is -0.487 e. The lowest BCUT2D eigenvalue weighted by Crippen LogP contribution is -2.30. The van der Waals surface area contributed by atoms with Gasteiger partial charge in [0.25, 0.3) is 11.8 Å². The number of rotatable bonds is 7. The summed E-state index contributed by atoms with van der Waals surface area (Å²) in [5.41, 5.74) is 5.85. The molecule has 2 aromatic heterocycles. The largest absolute Gasteiger partial charge is 0.487 e. The van der Waals surface area contributed by atoms with Crippen molar-refractivity contribution in [3.63, 3.8) is 0 Å². The molecule has 3 aromatic rings. The quantitative estimate of drug-likeness (QED) is 0.708. The van der Waals surface area contributed by atoms with Crippen LogP contribution < -0.4 is 15.2 Å². The van der Waals surface area contributed by atoms with E-state index in [4.69, 9.17) is 24.0 Å². The molecule has 0 spiro atoms. The Morgan fingerprint density at radius 3 is 2.60 bits per heavy atom. The van der Waals surface area contributed by atoms with Crippen LogP contribution in [0.25, 0.3) is 11.7 Å². The summed E-state index contributed by atoms with van der Waals surface area (Å²) in [6.45, 7) is 3.67. The van der Waals surface area contributed by atoms with Gasteiger partial charge in [0.1, 0.15) is 29.6 Å². The van der Waals surface area contributed by atoms with Crippen LogP contribution in [0.1, 0.15) is 18.4 Å². The van der Waals surface area contributed by atoms with Crippen LogP contribution in [0.3, 0.4) is 0 Å². The maximum absolute atomic E-state index is 11.0. The van der Waals surface area contributed by atoms with E-state index in [1.807, 2.05) is 6.92 Å². The molecule has 0 radical (unpaired) electrons. The number of hydrogen-bond donors (Lipinski definition) is 1. The first kappa shape index (κ1) is 16.6. The number of aromatic nitrogens is 1. The number of ether oxygens (including phenoxy) is 2. The number of primary amides is 1. The molecule has 0 bridgehead atoms. The van der Waals surface area contributed by atoms with E-state index < -0.39 is 12.0 Å². The molecule has 3 rings (SSSR count). The fraction of sp³-hybridized carbons (Fsp3) is 0.222. The topological polar surface area (TPSA) is 101 Å². The minimum atomic E-state index is -0.690. The van der Waals surface area contributed by atoms with Gasteiger partial charge in [0.2, 0.25) is 0 Å². The number of benzene rings is 1. The van der Waals surface area contributed by atoms with Crippen LogP contribution in [0.2, 0.25) is 0 Å². The van der Waals surface area contributed by atoms with E-state index in [0.717, 1.165) is 0 Å². The Bertz CT molecular complexity index is 837. The summed E-state index contributed by atoms with van der Waals surface area (Å²) in [6, 6.07) is 10.4. The minimum absolute atomic E-state index is 0.258. The van der Waals surface area contributed by atoms with Crippen molar-refractivity contribution < 1.29 is 23.1 Å². The SMILES string of the molecule is Cc1oc(-c2ccco2)nc1COc1ccc(O[C@H](C)C(N)=O)cc1. The lowest BCUT2D eigenvalue weighted by Gasteiger charge is -2.11. The Morgan fingerprint density at radius 2 is 1.96 bits per heavy atom. The van der Waals surface area contributed by atoms with Gasteiger partial charge >= 0.3 is 0 Å². The molecule has 1 atom stereocenters. The number of carbonyl (C=O) groups is 1. The molecule has 0 saturated heterocycles. The van der Waals surface area contributed by atoms with Crippen molar-refractivity contribution in [1.29, 1.82) is 0 Å². The molecule has 7 nitrogen and oxygen atoms in total.